The minimum absolute atomic E-state index is 0.0505. The summed E-state index contributed by atoms with van der Waals surface area (Å²) in [5.41, 5.74) is 6.95. The molecular weight excluding hydrogens is 259 g/mol. The van der Waals surface area contributed by atoms with Gasteiger partial charge in [-0.3, -0.25) is 4.79 Å². The van der Waals surface area contributed by atoms with Gasteiger partial charge in [0.25, 0.3) is 0 Å². The third-order valence-electron chi connectivity index (χ3n) is 2.81. The fourth-order valence-electron chi connectivity index (χ4n) is 1.78. The van der Waals surface area contributed by atoms with Crippen molar-refractivity contribution in [2.24, 2.45) is 5.73 Å². The van der Waals surface area contributed by atoms with Crippen LogP contribution in [0.4, 0.5) is 4.39 Å². The molecule has 0 radical (unpaired) electrons. The van der Waals surface area contributed by atoms with Gasteiger partial charge in [-0.15, -0.1) is 0 Å². The second-order valence-corrected chi connectivity index (χ2v) is 4.37. The number of amides is 1. The van der Waals surface area contributed by atoms with E-state index in [-0.39, 0.29) is 11.7 Å². The molecule has 0 saturated carbocycles. The Kier molecular flexibility index (Phi) is 4.84. The molecule has 1 heterocycles. The molecule has 0 saturated heterocycles. The number of nitrogens with one attached hydrogen (secondary N) is 1. The van der Waals surface area contributed by atoms with E-state index in [1.165, 1.54) is 12.1 Å². The van der Waals surface area contributed by atoms with E-state index in [1.54, 1.807) is 16.8 Å². The molecule has 0 spiro atoms. The Morgan fingerprint density at radius 3 is 2.75 bits per heavy atom. The first-order valence-electron chi connectivity index (χ1n) is 6.46. The second kappa shape index (κ2) is 6.81. The molecule has 0 unspecified atom stereocenters. The van der Waals surface area contributed by atoms with Crippen molar-refractivity contribution in [3.63, 3.8) is 0 Å². The Bertz CT molecular complexity index is 565. The number of carbonyl (C=O) groups is 1. The number of rotatable bonds is 6. The van der Waals surface area contributed by atoms with Crippen molar-refractivity contribution in [3.05, 3.63) is 48.0 Å². The predicted octanol–water partition coefficient (Wildman–Crippen LogP) is 1.02. The van der Waals surface area contributed by atoms with Crippen molar-refractivity contribution >= 4 is 5.91 Å². The molecule has 5 nitrogen and oxygen atoms in total. The highest BCUT2D eigenvalue weighted by Crippen LogP contribution is 2.09. The molecule has 2 rings (SSSR count). The van der Waals surface area contributed by atoms with Crippen LogP contribution in [-0.4, -0.2) is 28.8 Å². The Morgan fingerprint density at radius 2 is 2.05 bits per heavy atom. The standard InChI is InChI=1S/C14H17FN4O/c15-11-1-3-13(4-2-11)19-10-7-12(18-19)6-9-17-14(20)5-8-16/h1-4,7,10H,5-6,8-9,16H2,(H,17,20). The summed E-state index contributed by atoms with van der Waals surface area (Å²) in [5, 5.41) is 7.14. The maximum atomic E-state index is 12.8. The molecule has 1 amide bonds. The van der Waals surface area contributed by atoms with E-state index in [1.807, 2.05) is 12.3 Å². The van der Waals surface area contributed by atoms with E-state index in [4.69, 9.17) is 5.73 Å². The van der Waals surface area contributed by atoms with Gasteiger partial charge in [0.1, 0.15) is 5.82 Å². The summed E-state index contributed by atoms with van der Waals surface area (Å²) in [6.45, 7) is 0.879. The zero-order valence-electron chi connectivity index (χ0n) is 11.1. The maximum Gasteiger partial charge on any atom is 0.221 e. The minimum atomic E-state index is -0.274. The lowest BCUT2D eigenvalue weighted by Crippen LogP contribution is -2.27. The molecule has 20 heavy (non-hydrogen) atoms. The van der Waals surface area contributed by atoms with Gasteiger partial charge in [0.15, 0.2) is 0 Å². The summed E-state index contributed by atoms with van der Waals surface area (Å²) in [7, 11) is 0. The summed E-state index contributed by atoms with van der Waals surface area (Å²) in [4.78, 5) is 11.2. The van der Waals surface area contributed by atoms with E-state index >= 15 is 0 Å². The predicted molar refractivity (Wildman–Crippen MR) is 73.9 cm³/mol. The Morgan fingerprint density at radius 1 is 1.30 bits per heavy atom. The van der Waals surface area contributed by atoms with E-state index in [0.29, 0.717) is 25.9 Å². The van der Waals surface area contributed by atoms with E-state index in [9.17, 15) is 9.18 Å². The molecule has 0 aliphatic rings. The average Bonchev–Trinajstić information content (AvgIpc) is 2.89. The first-order chi connectivity index (χ1) is 9.69. The molecule has 0 aliphatic carbocycles. The van der Waals surface area contributed by atoms with Gasteiger partial charge in [0, 0.05) is 32.1 Å². The van der Waals surface area contributed by atoms with Crippen LogP contribution in [0.2, 0.25) is 0 Å². The number of carbonyl (C=O) groups excluding carboxylic acids is 1. The van der Waals surface area contributed by atoms with Gasteiger partial charge in [-0.2, -0.15) is 5.10 Å². The summed E-state index contributed by atoms with van der Waals surface area (Å²) in [6.07, 6.45) is 2.79. The van der Waals surface area contributed by atoms with E-state index in [2.05, 4.69) is 10.4 Å². The largest absolute Gasteiger partial charge is 0.356 e. The highest BCUT2D eigenvalue weighted by molar-refractivity contribution is 5.75. The van der Waals surface area contributed by atoms with Gasteiger partial charge in [0.2, 0.25) is 5.91 Å². The number of hydrogen-bond donors (Lipinski definition) is 2. The number of nitrogens with two attached hydrogens (primary N) is 1. The van der Waals surface area contributed by atoms with Crippen LogP contribution >= 0.6 is 0 Å². The van der Waals surface area contributed by atoms with E-state index in [0.717, 1.165) is 11.4 Å². The van der Waals surface area contributed by atoms with Gasteiger partial charge in [-0.05, 0) is 30.3 Å². The van der Waals surface area contributed by atoms with Gasteiger partial charge < -0.3 is 11.1 Å². The third kappa shape index (κ3) is 3.89. The number of halogens is 1. The molecule has 0 fully saturated rings. The quantitative estimate of drug-likeness (QED) is 0.827. The summed E-state index contributed by atoms with van der Waals surface area (Å²) >= 11 is 0. The minimum Gasteiger partial charge on any atom is -0.356 e. The average molecular weight is 276 g/mol. The van der Waals surface area contributed by atoms with Crippen LogP contribution in [0, 0.1) is 5.82 Å². The van der Waals surface area contributed by atoms with Crippen molar-refractivity contribution in [1.82, 2.24) is 15.1 Å². The highest BCUT2D eigenvalue weighted by atomic mass is 19.1. The summed E-state index contributed by atoms with van der Waals surface area (Å²) in [5.74, 6) is -0.325. The number of hydrogen-bond acceptors (Lipinski definition) is 3. The molecule has 0 atom stereocenters. The molecule has 2 aromatic rings. The molecule has 1 aromatic heterocycles. The van der Waals surface area contributed by atoms with Gasteiger partial charge in [-0.1, -0.05) is 0 Å². The SMILES string of the molecule is NCCC(=O)NCCc1ccn(-c2ccc(F)cc2)n1. The second-order valence-electron chi connectivity index (χ2n) is 4.37. The smallest absolute Gasteiger partial charge is 0.221 e. The van der Waals surface area contributed by atoms with Crippen molar-refractivity contribution < 1.29 is 9.18 Å². The van der Waals surface area contributed by atoms with Crippen molar-refractivity contribution in [2.45, 2.75) is 12.8 Å². The van der Waals surface area contributed by atoms with Crippen molar-refractivity contribution in [3.8, 4) is 5.69 Å². The Labute approximate surface area is 116 Å². The van der Waals surface area contributed by atoms with Crippen molar-refractivity contribution in [2.75, 3.05) is 13.1 Å². The van der Waals surface area contributed by atoms with E-state index < -0.39 is 0 Å². The van der Waals surface area contributed by atoms with Crippen LogP contribution in [0.1, 0.15) is 12.1 Å². The fourth-order valence-corrected chi connectivity index (χ4v) is 1.78. The molecule has 0 aliphatic heterocycles. The van der Waals surface area contributed by atoms with Crippen LogP contribution in [0.5, 0.6) is 0 Å². The topological polar surface area (TPSA) is 72.9 Å². The lowest BCUT2D eigenvalue weighted by Gasteiger charge is -2.03. The number of benzene rings is 1. The zero-order chi connectivity index (χ0) is 14.4. The van der Waals surface area contributed by atoms with Crippen LogP contribution in [-0.2, 0) is 11.2 Å². The zero-order valence-corrected chi connectivity index (χ0v) is 11.1. The van der Waals surface area contributed by atoms with Crippen LogP contribution in [0.25, 0.3) is 5.69 Å². The first-order valence-corrected chi connectivity index (χ1v) is 6.46. The molecule has 3 N–H and O–H groups in total. The number of nitrogens with zero attached hydrogens (tertiary/aromatic N) is 2. The van der Waals surface area contributed by atoms with Crippen LogP contribution < -0.4 is 11.1 Å². The van der Waals surface area contributed by atoms with Gasteiger partial charge >= 0.3 is 0 Å². The fraction of sp³-hybridized carbons (Fsp3) is 0.286. The molecule has 1 aromatic carbocycles. The lowest BCUT2D eigenvalue weighted by molar-refractivity contribution is -0.120. The van der Waals surface area contributed by atoms with Gasteiger partial charge in [0.05, 0.1) is 11.4 Å². The Hall–Kier alpha value is -2.21. The normalized spacial score (nSPS) is 10.5. The molecular formula is C14H17FN4O. The first kappa shape index (κ1) is 14.2. The summed E-state index contributed by atoms with van der Waals surface area (Å²) in [6, 6.07) is 7.98. The molecule has 6 heteroatoms. The number of aromatic nitrogens is 2. The van der Waals surface area contributed by atoms with Crippen molar-refractivity contribution in [1.29, 1.82) is 0 Å². The lowest BCUT2D eigenvalue weighted by atomic mass is 10.3. The Balaban J connectivity index is 1.89. The van der Waals surface area contributed by atoms with Crippen LogP contribution in [0.3, 0.4) is 0 Å². The highest BCUT2D eigenvalue weighted by Gasteiger charge is 2.03. The maximum absolute atomic E-state index is 12.8. The monoisotopic (exact) mass is 276 g/mol. The third-order valence-corrected chi connectivity index (χ3v) is 2.81. The molecule has 0 bridgehead atoms. The molecule has 106 valence electrons. The van der Waals surface area contributed by atoms with Gasteiger partial charge in [-0.25, -0.2) is 9.07 Å². The summed E-state index contributed by atoms with van der Waals surface area (Å²) < 4.78 is 14.5. The van der Waals surface area contributed by atoms with Crippen LogP contribution in [0.15, 0.2) is 36.5 Å².